The van der Waals surface area contributed by atoms with Gasteiger partial charge in [0.25, 0.3) is 0 Å². The first-order valence-corrected chi connectivity index (χ1v) is 8.97. The summed E-state index contributed by atoms with van der Waals surface area (Å²) in [6, 6.07) is 13.5. The third kappa shape index (κ3) is 3.56. The number of benzene rings is 2. The maximum absolute atomic E-state index is 5.44. The fourth-order valence-electron chi connectivity index (χ4n) is 2.50. The monoisotopic (exact) mass is 355 g/mol. The molecule has 2 aromatic rings. The predicted molar refractivity (Wildman–Crippen MR) is 99.4 cm³/mol. The van der Waals surface area contributed by atoms with Crippen LogP contribution in [0.5, 0.6) is 17.2 Å². The number of amidine groups is 1. The van der Waals surface area contributed by atoms with Crippen molar-refractivity contribution < 1.29 is 14.2 Å². The lowest BCUT2D eigenvalue weighted by atomic mass is 10.1. The van der Waals surface area contributed by atoms with Crippen molar-refractivity contribution in [1.82, 2.24) is 5.43 Å². The van der Waals surface area contributed by atoms with Gasteiger partial charge in [-0.1, -0.05) is 11.8 Å². The quantitative estimate of drug-likeness (QED) is 0.909. The number of ether oxygens (including phenoxy) is 3. The minimum atomic E-state index is 0.275. The van der Waals surface area contributed by atoms with Crippen LogP contribution in [0.25, 0.3) is 0 Å². The Labute approximate surface area is 149 Å². The van der Waals surface area contributed by atoms with Crippen molar-refractivity contribution in [3.05, 3.63) is 48.0 Å². The second kappa shape index (κ2) is 7.06. The van der Waals surface area contributed by atoms with E-state index in [0.29, 0.717) is 6.61 Å². The van der Waals surface area contributed by atoms with E-state index in [1.165, 1.54) is 0 Å². The molecule has 7 heteroatoms. The number of nitrogens with one attached hydrogen (secondary N) is 1. The molecule has 4 rings (SSSR count). The summed E-state index contributed by atoms with van der Waals surface area (Å²) in [5.41, 5.74) is 5.85. The molecule has 0 saturated heterocycles. The molecule has 2 aliphatic rings. The maximum atomic E-state index is 5.44. The van der Waals surface area contributed by atoms with Gasteiger partial charge in [-0.05, 0) is 49.4 Å². The number of aliphatic imine (C=N–C) groups is 1. The first-order valence-electron chi connectivity index (χ1n) is 7.99. The fourth-order valence-corrected chi connectivity index (χ4v) is 3.28. The smallest absolute Gasteiger partial charge is 0.231 e. The molecule has 0 aliphatic carbocycles. The Kier molecular flexibility index (Phi) is 4.47. The van der Waals surface area contributed by atoms with Crippen molar-refractivity contribution in [2.24, 2.45) is 10.1 Å². The minimum Gasteiger partial charge on any atom is -0.494 e. The Bertz CT molecular complexity index is 834. The molecule has 128 valence electrons. The Hall–Kier alpha value is -2.67. The van der Waals surface area contributed by atoms with Crippen LogP contribution < -0.4 is 19.6 Å². The van der Waals surface area contributed by atoms with Gasteiger partial charge in [-0.25, -0.2) is 4.99 Å². The van der Waals surface area contributed by atoms with Crippen LogP contribution in [-0.2, 0) is 0 Å². The summed E-state index contributed by atoms with van der Waals surface area (Å²) in [5.74, 6) is 3.12. The number of thioether (sulfide) groups is 1. The first kappa shape index (κ1) is 15.8. The van der Waals surface area contributed by atoms with Gasteiger partial charge in [0, 0.05) is 11.3 Å². The highest BCUT2D eigenvalue weighted by Gasteiger charge is 2.18. The van der Waals surface area contributed by atoms with Crippen molar-refractivity contribution in [2.45, 2.75) is 6.92 Å². The zero-order valence-electron chi connectivity index (χ0n) is 13.7. The molecule has 0 amide bonds. The average Bonchev–Trinajstić information content (AvgIpc) is 3.12. The number of rotatable bonds is 4. The molecule has 0 aromatic heterocycles. The van der Waals surface area contributed by atoms with E-state index in [-0.39, 0.29) is 6.79 Å². The van der Waals surface area contributed by atoms with Gasteiger partial charge in [0.05, 0.1) is 18.0 Å². The van der Waals surface area contributed by atoms with E-state index >= 15 is 0 Å². The summed E-state index contributed by atoms with van der Waals surface area (Å²) in [7, 11) is 0. The van der Waals surface area contributed by atoms with E-state index in [4.69, 9.17) is 14.2 Å². The Morgan fingerprint density at radius 1 is 1.16 bits per heavy atom. The molecule has 6 nitrogen and oxygen atoms in total. The van der Waals surface area contributed by atoms with Crippen molar-refractivity contribution in [2.75, 3.05) is 19.2 Å². The second-order valence-corrected chi connectivity index (χ2v) is 6.33. The molecule has 2 aliphatic heterocycles. The van der Waals surface area contributed by atoms with E-state index in [9.17, 15) is 0 Å². The van der Waals surface area contributed by atoms with Crippen LogP contribution >= 0.6 is 11.8 Å². The number of hydrazone groups is 1. The Morgan fingerprint density at radius 2 is 2.00 bits per heavy atom. The van der Waals surface area contributed by atoms with E-state index in [2.05, 4.69) is 15.5 Å². The van der Waals surface area contributed by atoms with Crippen LogP contribution in [0.4, 0.5) is 5.69 Å². The minimum absolute atomic E-state index is 0.275. The maximum Gasteiger partial charge on any atom is 0.231 e. The van der Waals surface area contributed by atoms with Gasteiger partial charge in [-0.3, -0.25) is 5.43 Å². The zero-order valence-corrected chi connectivity index (χ0v) is 14.5. The molecule has 0 bridgehead atoms. The first-order chi connectivity index (χ1) is 12.3. The van der Waals surface area contributed by atoms with Crippen molar-refractivity contribution in [1.29, 1.82) is 0 Å². The number of fused-ring (bicyclic) bond motifs is 1. The fraction of sp³-hybridized carbons (Fsp3) is 0.222. The highest BCUT2D eigenvalue weighted by molar-refractivity contribution is 8.14. The summed E-state index contributed by atoms with van der Waals surface area (Å²) in [6.07, 6.45) is 0. The lowest BCUT2D eigenvalue weighted by Crippen LogP contribution is -2.25. The summed E-state index contributed by atoms with van der Waals surface area (Å²) < 4.78 is 16.2. The van der Waals surface area contributed by atoms with Gasteiger partial charge < -0.3 is 14.2 Å². The van der Waals surface area contributed by atoms with E-state index in [1.54, 1.807) is 11.8 Å². The molecule has 0 spiro atoms. The van der Waals surface area contributed by atoms with Crippen LogP contribution in [-0.4, -0.2) is 30.0 Å². The number of hydrogen-bond donors (Lipinski definition) is 1. The topological polar surface area (TPSA) is 64.4 Å². The molecular formula is C18H17N3O3S. The Balaban J connectivity index is 1.46. The van der Waals surface area contributed by atoms with Crippen LogP contribution in [0.3, 0.4) is 0 Å². The normalized spacial score (nSPS) is 17.2. The second-order valence-electron chi connectivity index (χ2n) is 5.37. The highest BCUT2D eigenvalue weighted by atomic mass is 32.2. The molecule has 1 N–H and O–H groups in total. The molecule has 0 radical (unpaired) electrons. The highest BCUT2D eigenvalue weighted by Crippen LogP contribution is 2.33. The lowest BCUT2D eigenvalue weighted by molar-refractivity contribution is 0.174. The molecule has 2 heterocycles. The zero-order chi connectivity index (χ0) is 17.1. The molecule has 2 aromatic carbocycles. The van der Waals surface area contributed by atoms with Gasteiger partial charge in [0.15, 0.2) is 16.7 Å². The van der Waals surface area contributed by atoms with Crippen LogP contribution in [0.15, 0.2) is 52.6 Å². The summed E-state index contributed by atoms with van der Waals surface area (Å²) in [5, 5.41) is 5.22. The lowest BCUT2D eigenvalue weighted by Gasteiger charge is -2.15. The van der Waals surface area contributed by atoms with Crippen molar-refractivity contribution >= 4 is 28.3 Å². The van der Waals surface area contributed by atoms with Crippen LogP contribution in [0.2, 0.25) is 0 Å². The van der Waals surface area contributed by atoms with Gasteiger partial charge >= 0.3 is 0 Å². The summed E-state index contributed by atoms with van der Waals surface area (Å²) >= 11 is 1.61. The Morgan fingerprint density at radius 3 is 2.76 bits per heavy atom. The SMILES string of the molecule is CCOc1ccc(N=C2NN=C(c3ccc4c(c3)OCO4)CS2)cc1. The largest absolute Gasteiger partial charge is 0.494 e. The van der Waals surface area contributed by atoms with Gasteiger partial charge in [-0.2, -0.15) is 5.10 Å². The van der Waals surface area contributed by atoms with E-state index < -0.39 is 0 Å². The van der Waals surface area contributed by atoms with E-state index in [1.807, 2.05) is 49.4 Å². The van der Waals surface area contributed by atoms with Gasteiger partial charge in [-0.15, -0.1) is 0 Å². The van der Waals surface area contributed by atoms with Gasteiger partial charge in [0.1, 0.15) is 5.75 Å². The van der Waals surface area contributed by atoms with Crippen LogP contribution in [0, 0.1) is 0 Å². The average molecular weight is 355 g/mol. The molecule has 0 unspecified atom stereocenters. The van der Waals surface area contributed by atoms with E-state index in [0.717, 1.165) is 45.1 Å². The van der Waals surface area contributed by atoms with Crippen molar-refractivity contribution in [3.8, 4) is 17.2 Å². The van der Waals surface area contributed by atoms with Crippen molar-refractivity contribution in [3.63, 3.8) is 0 Å². The molecule has 0 atom stereocenters. The molecular weight excluding hydrogens is 338 g/mol. The standard InChI is InChI=1S/C18H17N3O3S/c1-2-22-14-6-4-13(5-7-14)19-18-21-20-15(10-25-18)12-3-8-16-17(9-12)24-11-23-16/h3-9H,2,10-11H2,1H3,(H,19,21). The third-order valence-corrected chi connectivity index (χ3v) is 4.59. The third-order valence-electron chi connectivity index (χ3n) is 3.72. The predicted octanol–water partition coefficient (Wildman–Crippen LogP) is 3.54. The number of hydrogen-bond acceptors (Lipinski definition) is 6. The van der Waals surface area contributed by atoms with Gasteiger partial charge in [0.2, 0.25) is 6.79 Å². The van der Waals surface area contributed by atoms with Crippen LogP contribution in [0.1, 0.15) is 12.5 Å². The summed E-state index contributed by atoms with van der Waals surface area (Å²) in [4.78, 5) is 4.57. The molecule has 25 heavy (non-hydrogen) atoms. The number of nitrogens with zero attached hydrogens (tertiary/aromatic N) is 2. The summed E-state index contributed by atoms with van der Waals surface area (Å²) in [6.45, 7) is 2.90. The molecule has 0 saturated carbocycles. The molecule has 0 fully saturated rings.